The van der Waals surface area contributed by atoms with Crippen molar-refractivity contribution < 1.29 is 8.42 Å². The number of nitrogens with one attached hydrogen (secondary N) is 2. The summed E-state index contributed by atoms with van der Waals surface area (Å²) in [7, 11) is -1.47. The molecule has 1 aliphatic carbocycles. The molecule has 2 N–H and O–H groups in total. The maximum atomic E-state index is 12.4. The Morgan fingerprint density at radius 2 is 1.92 bits per heavy atom. The summed E-state index contributed by atoms with van der Waals surface area (Å²) in [5.41, 5.74) is 0.803. The van der Waals surface area contributed by atoms with Gasteiger partial charge in [-0.2, -0.15) is 0 Å². The molecule has 0 amide bonds. The van der Waals surface area contributed by atoms with Gasteiger partial charge in [0.15, 0.2) is 0 Å². The molecule has 0 aliphatic heterocycles. The van der Waals surface area contributed by atoms with Crippen LogP contribution in [0, 0.1) is 0 Å². The van der Waals surface area contributed by atoms with E-state index in [1.807, 2.05) is 19.3 Å². The highest BCUT2D eigenvalue weighted by Gasteiger charge is 2.36. The van der Waals surface area contributed by atoms with Gasteiger partial charge in [-0.05, 0) is 31.0 Å². The van der Waals surface area contributed by atoms with Gasteiger partial charge in [0.05, 0.1) is 10.3 Å². The van der Waals surface area contributed by atoms with Crippen LogP contribution in [0.2, 0.25) is 0 Å². The Hall–Kier alpha value is -2.45. The SMILES string of the molecule is CN(c1ncnc2[nH]ccc12)C1CC(NS(=O)(=O)c2ccccc2)C1. The average Bonchev–Trinajstić information content (AvgIpc) is 3.06. The molecule has 3 aromatic rings. The molecule has 4 rings (SSSR count). The molecule has 1 fully saturated rings. The largest absolute Gasteiger partial charge is 0.356 e. The van der Waals surface area contributed by atoms with Crippen LogP contribution in [0.5, 0.6) is 0 Å². The molecule has 0 radical (unpaired) electrons. The number of rotatable bonds is 5. The van der Waals surface area contributed by atoms with Gasteiger partial charge in [-0.25, -0.2) is 23.1 Å². The van der Waals surface area contributed by atoms with E-state index < -0.39 is 10.0 Å². The molecule has 0 spiro atoms. The smallest absolute Gasteiger partial charge is 0.240 e. The normalized spacial score (nSPS) is 20.4. The van der Waals surface area contributed by atoms with Crippen molar-refractivity contribution in [2.75, 3.05) is 11.9 Å². The number of aromatic amines is 1. The summed E-state index contributed by atoms with van der Waals surface area (Å²) >= 11 is 0. The number of hydrogen-bond acceptors (Lipinski definition) is 5. The number of hydrogen-bond donors (Lipinski definition) is 2. The zero-order valence-corrected chi connectivity index (χ0v) is 14.6. The van der Waals surface area contributed by atoms with Crippen molar-refractivity contribution in [1.29, 1.82) is 0 Å². The van der Waals surface area contributed by atoms with Crippen molar-refractivity contribution in [3.05, 3.63) is 48.9 Å². The number of sulfonamides is 1. The molecule has 1 saturated carbocycles. The van der Waals surface area contributed by atoms with Crippen LogP contribution in [-0.2, 0) is 10.0 Å². The third kappa shape index (κ3) is 2.98. The third-order valence-electron chi connectivity index (χ3n) is 4.70. The van der Waals surface area contributed by atoms with E-state index in [9.17, 15) is 8.42 Å². The Morgan fingerprint density at radius 3 is 2.68 bits per heavy atom. The second-order valence-corrected chi connectivity index (χ2v) is 8.02. The van der Waals surface area contributed by atoms with Crippen molar-refractivity contribution in [2.24, 2.45) is 0 Å². The summed E-state index contributed by atoms with van der Waals surface area (Å²) in [6.45, 7) is 0. The van der Waals surface area contributed by atoms with E-state index in [-0.39, 0.29) is 12.1 Å². The first kappa shape index (κ1) is 16.0. The number of fused-ring (bicyclic) bond motifs is 1. The first-order chi connectivity index (χ1) is 12.0. The van der Waals surface area contributed by atoms with Crippen LogP contribution >= 0.6 is 0 Å². The summed E-state index contributed by atoms with van der Waals surface area (Å²) in [6.07, 6.45) is 4.88. The molecule has 8 heteroatoms. The van der Waals surface area contributed by atoms with Gasteiger partial charge in [-0.15, -0.1) is 0 Å². The maximum absolute atomic E-state index is 12.4. The van der Waals surface area contributed by atoms with Crippen molar-refractivity contribution in [1.82, 2.24) is 19.7 Å². The van der Waals surface area contributed by atoms with E-state index in [1.165, 1.54) is 0 Å². The quantitative estimate of drug-likeness (QED) is 0.728. The van der Waals surface area contributed by atoms with E-state index in [4.69, 9.17) is 0 Å². The minimum Gasteiger partial charge on any atom is -0.356 e. The lowest BCUT2D eigenvalue weighted by Gasteiger charge is -2.41. The Bertz CT molecular complexity index is 980. The number of nitrogens with zero attached hydrogens (tertiary/aromatic N) is 3. The second-order valence-electron chi connectivity index (χ2n) is 6.30. The summed E-state index contributed by atoms with van der Waals surface area (Å²) < 4.78 is 27.5. The van der Waals surface area contributed by atoms with Gasteiger partial charge in [0.1, 0.15) is 17.8 Å². The molecule has 0 atom stereocenters. The highest BCUT2D eigenvalue weighted by atomic mass is 32.2. The summed E-state index contributed by atoms with van der Waals surface area (Å²) in [4.78, 5) is 14.1. The van der Waals surface area contributed by atoms with Crippen LogP contribution in [-0.4, -0.2) is 42.5 Å². The topological polar surface area (TPSA) is 91.0 Å². The Morgan fingerprint density at radius 1 is 1.16 bits per heavy atom. The van der Waals surface area contributed by atoms with E-state index in [2.05, 4.69) is 24.6 Å². The standard InChI is InChI=1S/C17H19N5O2S/c1-22(17-15-7-8-18-16(15)19-11-20-17)13-9-12(10-13)21-25(23,24)14-5-3-2-4-6-14/h2-8,11-13,21H,9-10H2,1H3,(H,18,19,20). The molecule has 2 heterocycles. The minimum atomic E-state index is -3.46. The van der Waals surface area contributed by atoms with Gasteiger partial charge < -0.3 is 9.88 Å². The molecule has 2 aromatic heterocycles. The van der Waals surface area contributed by atoms with Gasteiger partial charge in [-0.1, -0.05) is 18.2 Å². The highest BCUT2D eigenvalue weighted by Crippen LogP contribution is 2.31. The van der Waals surface area contributed by atoms with Gasteiger partial charge >= 0.3 is 0 Å². The fourth-order valence-electron chi connectivity index (χ4n) is 3.20. The molecule has 25 heavy (non-hydrogen) atoms. The number of H-pyrrole nitrogens is 1. The number of benzene rings is 1. The summed E-state index contributed by atoms with van der Waals surface area (Å²) in [5, 5.41) is 0.971. The highest BCUT2D eigenvalue weighted by molar-refractivity contribution is 7.89. The first-order valence-corrected chi connectivity index (χ1v) is 9.61. The predicted octanol–water partition coefficient (Wildman–Crippen LogP) is 1.90. The molecule has 0 saturated heterocycles. The Kier molecular flexibility index (Phi) is 3.93. The number of anilines is 1. The maximum Gasteiger partial charge on any atom is 0.240 e. The number of aromatic nitrogens is 3. The molecule has 1 aromatic carbocycles. The second kappa shape index (κ2) is 6.12. The fraction of sp³-hybridized carbons (Fsp3) is 0.294. The average molecular weight is 357 g/mol. The van der Waals surface area contributed by atoms with Crippen LogP contribution < -0.4 is 9.62 Å². The zero-order chi connectivity index (χ0) is 17.4. The molecular formula is C17H19N5O2S. The molecule has 7 nitrogen and oxygen atoms in total. The Labute approximate surface area is 146 Å². The minimum absolute atomic E-state index is 0.0544. The van der Waals surface area contributed by atoms with Crippen LogP contribution in [0.15, 0.2) is 53.8 Å². The summed E-state index contributed by atoms with van der Waals surface area (Å²) in [5.74, 6) is 0.862. The van der Waals surface area contributed by atoms with Gasteiger partial charge in [0, 0.05) is 25.3 Å². The third-order valence-corrected chi connectivity index (χ3v) is 6.24. The van der Waals surface area contributed by atoms with Crippen molar-refractivity contribution in [3.63, 3.8) is 0 Å². The fourth-order valence-corrected chi connectivity index (χ4v) is 4.48. The van der Waals surface area contributed by atoms with Crippen LogP contribution in [0.3, 0.4) is 0 Å². The van der Waals surface area contributed by atoms with E-state index in [0.717, 1.165) is 29.7 Å². The monoisotopic (exact) mass is 357 g/mol. The van der Waals surface area contributed by atoms with Crippen molar-refractivity contribution >= 4 is 26.9 Å². The predicted molar refractivity (Wildman–Crippen MR) is 95.9 cm³/mol. The van der Waals surface area contributed by atoms with Crippen LogP contribution in [0.25, 0.3) is 11.0 Å². The van der Waals surface area contributed by atoms with Gasteiger partial charge in [0.25, 0.3) is 0 Å². The summed E-state index contributed by atoms with van der Waals surface area (Å²) in [6, 6.07) is 10.6. The molecule has 1 aliphatic rings. The van der Waals surface area contributed by atoms with Gasteiger partial charge in [0.2, 0.25) is 10.0 Å². The Balaban J connectivity index is 1.43. The van der Waals surface area contributed by atoms with E-state index >= 15 is 0 Å². The molecule has 0 unspecified atom stereocenters. The van der Waals surface area contributed by atoms with Crippen LogP contribution in [0.1, 0.15) is 12.8 Å². The first-order valence-electron chi connectivity index (χ1n) is 8.13. The lowest BCUT2D eigenvalue weighted by Crippen LogP contribution is -2.53. The lowest BCUT2D eigenvalue weighted by molar-refractivity contribution is 0.316. The molecule has 130 valence electrons. The van der Waals surface area contributed by atoms with E-state index in [1.54, 1.807) is 36.7 Å². The zero-order valence-electron chi connectivity index (χ0n) is 13.8. The molecule has 0 bridgehead atoms. The van der Waals surface area contributed by atoms with E-state index in [0.29, 0.717) is 4.90 Å². The molecular weight excluding hydrogens is 338 g/mol. The van der Waals surface area contributed by atoms with Gasteiger partial charge in [-0.3, -0.25) is 0 Å². The van der Waals surface area contributed by atoms with Crippen molar-refractivity contribution in [3.8, 4) is 0 Å². The van der Waals surface area contributed by atoms with Crippen LogP contribution in [0.4, 0.5) is 5.82 Å². The lowest BCUT2D eigenvalue weighted by atomic mass is 9.86. The van der Waals surface area contributed by atoms with Crippen molar-refractivity contribution in [2.45, 2.75) is 29.8 Å².